The largest absolute Gasteiger partial charge is 0.573 e. The van der Waals surface area contributed by atoms with Crippen LogP contribution >= 0.6 is 0 Å². The van der Waals surface area contributed by atoms with Gasteiger partial charge in [0.1, 0.15) is 11.3 Å². The number of alkyl halides is 9. The molecule has 12 nitrogen and oxygen atoms in total. The first-order chi connectivity index (χ1) is 23.0. The molecule has 0 radical (unpaired) electrons. The van der Waals surface area contributed by atoms with Crippen LogP contribution < -0.4 is 15.6 Å². The summed E-state index contributed by atoms with van der Waals surface area (Å²) in [6, 6.07) is 7.86. The van der Waals surface area contributed by atoms with Crippen LogP contribution in [0.25, 0.3) is 0 Å². The molecule has 1 aromatic carbocycles. The molecule has 21 heteroatoms. The predicted molar refractivity (Wildman–Crippen MR) is 157 cm³/mol. The van der Waals surface area contributed by atoms with E-state index in [0.717, 1.165) is 43.9 Å². The van der Waals surface area contributed by atoms with Gasteiger partial charge in [0.05, 0.1) is 13.1 Å². The maximum atomic E-state index is 13.1. The van der Waals surface area contributed by atoms with Crippen LogP contribution in [0, 0.1) is 6.92 Å². The van der Waals surface area contributed by atoms with Crippen LogP contribution in [0.3, 0.4) is 0 Å². The van der Waals surface area contributed by atoms with Crippen molar-refractivity contribution in [3.63, 3.8) is 0 Å². The summed E-state index contributed by atoms with van der Waals surface area (Å²) in [7, 11) is 2.11. The number of anilines is 1. The molecule has 3 N–H and O–H groups in total. The van der Waals surface area contributed by atoms with Gasteiger partial charge >= 0.3 is 30.7 Å². The van der Waals surface area contributed by atoms with E-state index < -0.39 is 47.9 Å². The third-order valence-corrected chi connectivity index (χ3v) is 6.65. The number of allylic oxidation sites excluding steroid dienone is 2. The SMILES string of the molecule is Cc1ccc(C(=O)Nc2ccc(OC(F)(F)F)cc2)c(=O)n1CC1=CCN(N2CCN(C)CC2)C=C1.O=C(O)C(F)(F)F.O=C(O)C(F)(F)F. The minimum absolute atomic E-state index is 0.0596. The van der Waals surface area contributed by atoms with Crippen molar-refractivity contribution in [2.75, 3.05) is 45.1 Å². The highest BCUT2D eigenvalue weighted by Gasteiger charge is 2.39. The molecule has 1 aromatic heterocycles. The highest BCUT2D eigenvalue weighted by atomic mass is 19.4. The number of carbonyl (C=O) groups excluding carboxylic acids is 1. The molecule has 1 amide bonds. The van der Waals surface area contributed by atoms with Crippen LogP contribution in [0.15, 0.2) is 65.1 Å². The Morgan fingerprint density at radius 2 is 1.36 bits per heavy atom. The van der Waals surface area contributed by atoms with Gasteiger partial charge in [-0.25, -0.2) is 14.6 Å². The Labute approximate surface area is 277 Å². The van der Waals surface area contributed by atoms with E-state index in [1.165, 1.54) is 22.8 Å². The van der Waals surface area contributed by atoms with Gasteiger partial charge < -0.3 is 34.7 Å². The smallest absolute Gasteiger partial charge is 0.475 e. The zero-order chi connectivity index (χ0) is 38.0. The zero-order valence-corrected chi connectivity index (χ0v) is 26.1. The number of hydrogen-bond donors (Lipinski definition) is 3. The number of carboxylic acid groups (broad SMARTS) is 2. The van der Waals surface area contributed by atoms with E-state index in [0.29, 0.717) is 18.8 Å². The van der Waals surface area contributed by atoms with E-state index >= 15 is 0 Å². The molecular formula is C29H30F9N5O7. The number of aryl methyl sites for hydroxylation is 1. The molecule has 276 valence electrons. The number of ether oxygens (including phenoxy) is 1. The van der Waals surface area contributed by atoms with Crippen LogP contribution in [0.4, 0.5) is 45.2 Å². The van der Waals surface area contributed by atoms with E-state index in [4.69, 9.17) is 19.8 Å². The van der Waals surface area contributed by atoms with Crippen LogP contribution in [0.2, 0.25) is 0 Å². The Morgan fingerprint density at radius 1 is 0.840 bits per heavy atom. The maximum absolute atomic E-state index is 13.1. The third-order valence-electron chi connectivity index (χ3n) is 6.65. The Hall–Kier alpha value is -5.05. The number of rotatable bonds is 6. The van der Waals surface area contributed by atoms with Gasteiger partial charge in [-0.2, -0.15) is 26.3 Å². The number of carbonyl (C=O) groups is 3. The maximum Gasteiger partial charge on any atom is 0.573 e. The van der Waals surface area contributed by atoms with Gasteiger partial charge in [-0.1, -0.05) is 6.08 Å². The number of carboxylic acids is 2. The molecule has 0 atom stereocenters. The molecule has 0 spiro atoms. The molecule has 1 saturated heterocycles. The second kappa shape index (κ2) is 17.1. The fourth-order valence-corrected chi connectivity index (χ4v) is 4.06. The lowest BCUT2D eigenvalue weighted by atomic mass is 10.1. The first kappa shape index (κ1) is 41.1. The Bertz CT molecular complexity index is 1590. The van der Waals surface area contributed by atoms with Gasteiger partial charge in [0.25, 0.3) is 11.5 Å². The Morgan fingerprint density at radius 3 is 1.80 bits per heavy atom. The molecule has 2 aromatic rings. The molecule has 0 bridgehead atoms. The van der Waals surface area contributed by atoms with Crippen molar-refractivity contribution in [3.05, 3.63) is 81.9 Å². The van der Waals surface area contributed by atoms with Gasteiger partial charge in [-0.3, -0.25) is 9.59 Å². The minimum atomic E-state index is -5.08. The summed E-state index contributed by atoms with van der Waals surface area (Å²) in [5.41, 5.74) is 1.41. The summed E-state index contributed by atoms with van der Waals surface area (Å²) < 4.78 is 106. The Kier molecular flexibility index (Phi) is 14.0. The summed E-state index contributed by atoms with van der Waals surface area (Å²) in [5.74, 6) is -6.56. The van der Waals surface area contributed by atoms with Crippen LogP contribution in [0.1, 0.15) is 16.1 Å². The van der Waals surface area contributed by atoms with E-state index in [9.17, 15) is 49.1 Å². The van der Waals surface area contributed by atoms with Crippen LogP contribution in [-0.2, 0) is 16.1 Å². The summed E-state index contributed by atoms with van der Waals surface area (Å²) in [4.78, 5) is 46.0. The lowest BCUT2D eigenvalue weighted by molar-refractivity contribution is -0.274. The van der Waals surface area contributed by atoms with Crippen molar-refractivity contribution in [3.8, 4) is 5.75 Å². The number of halogens is 9. The first-order valence-electron chi connectivity index (χ1n) is 14.0. The van der Waals surface area contributed by atoms with Crippen LogP contribution in [-0.4, -0.2) is 106 Å². The van der Waals surface area contributed by atoms with Gasteiger partial charge in [0.15, 0.2) is 0 Å². The molecule has 50 heavy (non-hydrogen) atoms. The molecule has 2 aliphatic rings. The molecular weight excluding hydrogens is 701 g/mol. The fourth-order valence-electron chi connectivity index (χ4n) is 4.06. The highest BCUT2D eigenvalue weighted by molar-refractivity contribution is 6.04. The quantitative estimate of drug-likeness (QED) is 0.364. The summed E-state index contributed by atoms with van der Waals surface area (Å²) >= 11 is 0. The number of likely N-dealkylation sites (N-methyl/N-ethyl adjacent to an activating group) is 1. The molecule has 0 unspecified atom stereocenters. The summed E-state index contributed by atoms with van der Waals surface area (Å²) in [6.07, 6.45) is -8.90. The number of aliphatic carboxylic acids is 2. The Balaban J connectivity index is 0.000000521. The van der Waals surface area contributed by atoms with Crippen molar-refractivity contribution < 1.29 is 68.8 Å². The number of benzene rings is 1. The van der Waals surface area contributed by atoms with E-state index in [-0.39, 0.29) is 11.3 Å². The predicted octanol–water partition coefficient (Wildman–Crippen LogP) is 4.49. The first-order valence-corrected chi connectivity index (χ1v) is 14.0. The summed E-state index contributed by atoms with van der Waals surface area (Å²) in [5, 5.41) is 21.3. The molecule has 3 heterocycles. The van der Waals surface area contributed by atoms with E-state index in [1.807, 2.05) is 12.3 Å². The van der Waals surface area contributed by atoms with Gasteiger partial charge in [0, 0.05) is 43.8 Å². The summed E-state index contributed by atoms with van der Waals surface area (Å²) in [6.45, 7) is 6.76. The lowest BCUT2D eigenvalue weighted by Gasteiger charge is -2.40. The number of hydrazine groups is 1. The van der Waals surface area contributed by atoms with Gasteiger partial charge in [0.2, 0.25) is 0 Å². The zero-order valence-electron chi connectivity index (χ0n) is 26.1. The number of amides is 1. The van der Waals surface area contributed by atoms with Crippen molar-refractivity contribution >= 4 is 23.5 Å². The molecule has 0 aliphatic carbocycles. The lowest BCUT2D eigenvalue weighted by Crippen LogP contribution is -2.51. The number of nitrogens with zero attached hydrogens (tertiary/aromatic N) is 4. The fraction of sp³-hybridized carbons (Fsp3) is 0.379. The number of piperazine rings is 1. The van der Waals surface area contributed by atoms with E-state index in [2.05, 4.69) is 38.1 Å². The van der Waals surface area contributed by atoms with E-state index in [1.54, 1.807) is 13.0 Å². The normalized spacial score (nSPS) is 15.5. The van der Waals surface area contributed by atoms with Crippen LogP contribution in [0.5, 0.6) is 5.75 Å². The monoisotopic (exact) mass is 731 g/mol. The second-order valence-corrected chi connectivity index (χ2v) is 10.4. The number of aromatic nitrogens is 1. The second-order valence-electron chi connectivity index (χ2n) is 10.4. The van der Waals surface area contributed by atoms with Crippen molar-refractivity contribution in [2.24, 2.45) is 0 Å². The number of hydrogen-bond acceptors (Lipinski definition) is 8. The molecule has 1 fully saturated rings. The van der Waals surface area contributed by atoms with Crippen molar-refractivity contribution in [2.45, 2.75) is 32.2 Å². The highest BCUT2D eigenvalue weighted by Crippen LogP contribution is 2.24. The average molecular weight is 732 g/mol. The number of pyridine rings is 1. The van der Waals surface area contributed by atoms with Gasteiger partial charge in [-0.15, -0.1) is 13.2 Å². The molecule has 0 saturated carbocycles. The standard InChI is InChI=1S/C25H28F3N5O3.2C2HF3O2/c1-18-3-8-22(23(34)29-20-4-6-21(7-5-20)36-25(26,27)28)24(35)33(18)17-19-9-11-31(12-10-19)32-15-13-30(2)14-16-32;2*3-2(4,5)1(6)7/h3-11H,12-17H2,1-2H3,(H,29,34);2*(H,6,7). The average Bonchev–Trinajstić information content (AvgIpc) is 3.00. The van der Waals surface area contributed by atoms with Gasteiger partial charge in [-0.05, 0) is 62.0 Å². The molecule has 4 rings (SSSR count). The number of nitrogens with one attached hydrogen (secondary N) is 1. The topological polar surface area (TPSA) is 145 Å². The third kappa shape index (κ3) is 13.5. The van der Waals surface area contributed by atoms with Crippen molar-refractivity contribution in [1.29, 1.82) is 0 Å². The molecule has 2 aliphatic heterocycles. The minimum Gasteiger partial charge on any atom is -0.475 e. The van der Waals surface area contributed by atoms with Crippen molar-refractivity contribution in [1.82, 2.24) is 19.5 Å².